The van der Waals surface area contributed by atoms with Crippen LogP contribution >= 0.6 is 11.3 Å². The van der Waals surface area contributed by atoms with Gasteiger partial charge in [0.2, 0.25) is 0 Å². The summed E-state index contributed by atoms with van der Waals surface area (Å²) in [5, 5.41) is 11.7. The topological polar surface area (TPSA) is 63.1 Å². The third-order valence-electron chi connectivity index (χ3n) is 2.84. The molecule has 1 aromatic carbocycles. The van der Waals surface area contributed by atoms with Crippen molar-refractivity contribution < 1.29 is 9.90 Å². The standard InChI is InChI=1S/C15H10N2O2S.Na.H/c18-15(19)11-5-3-10(4-6-11)14-17-13(9-20-14)12-2-1-7-16-8-12;;/h1-9H,(H,18,19);;. The van der Waals surface area contributed by atoms with Crippen molar-refractivity contribution >= 4 is 46.9 Å². The molecule has 4 nitrogen and oxygen atoms in total. The Morgan fingerprint density at radius 3 is 2.48 bits per heavy atom. The maximum atomic E-state index is 10.8. The van der Waals surface area contributed by atoms with E-state index in [-0.39, 0.29) is 35.1 Å². The second kappa shape index (κ2) is 6.95. The summed E-state index contributed by atoms with van der Waals surface area (Å²) in [6, 6.07) is 10.5. The van der Waals surface area contributed by atoms with E-state index in [1.807, 2.05) is 17.5 Å². The Morgan fingerprint density at radius 2 is 1.86 bits per heavy atom. The molecule has 6 heteroatoms. The van der Waals surface area contributed by atoms with E-state index in [2.05, 4.69) is 9.97 Å². The van der Waals surface area contributed by atoms with Crippen molar-refractivity contribution in [3.05, 3.63) is 59.7 Å². The van der Waals surface area contributed by atoms with Gasteiger partial charge in [0.1, 0.15) is 5.01 Å². The second-order valence-corrected chi connectivity index (χ2v) is 5.02. The van der Waals surface area contributed by atoms with Crippen LogP contribution in [-0.4, -0.2) is 50.6 Å². The summed E-state index contributed by atoms with van der Waals surface area (Å²) < 4.78 is 0. The summed E-state index contributed by atoms with van der Waals surface area (Å²) in [7, 11) is 0. The molecule has 3 rings (SSSR count). The number of pyridine rings is 1. The van der Waals surface area contributed by atoms with Crippen LogP contribution in [0.5, 0.6) is 0 Å². The van der Waals surface area contributed by atoms with Crippen LogP contribution in [0.15, 0.2) is 54.2 Å². The number of hydrogen-bond donors (Lipinski definition) is 1. The monoisotopic (exact) mass is 306 g/mol. The van der Waals surface area contributed by atoms with E-state index in [0.717, 1.165) is 21.8 Å². The summed E-state index contributed by atoms with van der Waals surface area (Å²) in [5.74, 6) is -0.924. The van der Waals surface area contributed by atoms with Crippen LogP contribution in [0.3, 0.4) is 0 Å². The first kappa shape index (κ1) is 15.9. The number of aromatic carboxylic acids is 1. The normalized spacial score (nSPS) is 9.90. The van der Waals surface area contributed by atoms with Crippen LogP contribution in [0, 0.1) is 0 Å². The molecule has 0 aliphatic carbocycles. The predicted molar refractivity (Wildman–Crippen MR) is 84.9 cm³/mol. The zero-order chi connectivity index (χ0) is 13.9. The van der Waals surface area contributed by atoms with Crippen molar-refractivity contribution in [2.24, 2.45) is 0 Å². The zero-order valence-corrected chi connectivity index (χ0v) is 11.2. The summed E-state index contributed by atoms with van der Waals surface area (Å²) in [4.78, 5) is 19.4. The number of benzene rings is 1. The molecular formula is C15H11N2NaO2S. The van der Waals surface area contributed by atoms with E-state index in [1.165, 1.54) is 11.3 Å². The van der Waals surface area contributed by atoms with Gasteiger partial charge in [-0.05, 0) is 24.3 Å². The van der Waals surface area contributed by atoms with Gasteiger partial charge in [-0.15, -0.1) is 11.3 Å². The van der Waals surface area contributed by atoms with Gasteiger partial charge in [0.05, 0.1) is 11.3 Å². The Morgan fingerprint density at radius 1 is 1.10 bits per heavy atom. The molecule has 0 saturated heterocycles. The number of carboxylic acid groups (broad SMARTS) is 1. The van der Waals surface area contributed by atoms with Crippen LogP contribution in [-0.2, 0) is 0 Å². The van der Waals surface area contributed by atoms with Gasteiger partial charge in [-0.3, -0.25) is 4.98 Å². The summed E-state index contributed by atoms with van der Waals surface area (Å²) in [6.07, 6.45) is 3.49. The van der Waals surface area contributed by atoms with Gasteiger partial charge in [-0.1, -0.05) is 12.1 Å². The number of nitrogens with zero attached hydrogens (tertiary/aromatic N) is 2. The SMILES string of the molecule is O=C(O)c1ccc(-c2nc(-c3cccnc3)cs2)cc1.[NaH]. The molecule has 0 spiro atoms. The van der Waals surface area contributed by atoms with Gasteiger partial charge >= 0.3 is 35.5 Å². The zero-order valence-electron chi connectivity index (χ0n) is 10.4. The van der Waals surface area contributed by atoms with Crippen LogP contribution in [0.1, 0.15) is 10.4 Å². The Bertz CT molecular complexity index is 742. The van der Waals surface area contributed by atoms with E-state index in [0.29, 0.717) is 0 Å². The summed E-state index contributed by atoms with van der Waals surface area (Å²) in [6.45, 7) is 0. The fraction of sp³-hybridized carbons (Fsp3) is 0. The molecule has 1 N–H and O–H groups in total. The van der Waals surface area contributed by atoms with E-state index >= 15 is 0 Å². The fourth-order valence-electron chi connectivity index (χ4n) is 1.81. The molecule has 2 aromatic heterocycles. The maximum absolute atomic E-state index is 10.8. The van der Waals surface area contributed by atoms with Gasteiger partial charge in [0, 0.05) is 28.9 Å². The third kappa shape index (κ3) is 3.57. The van der Waals surface area contributed by atoms with Gasteiger partial charge < -0.3 is 5.11 Å². The van der Waals surface area contributed by atoms with Crippen molar-refractivity contribution in [2.75, 3.05) is 0 Å². The number of carboxylic acids is 1. The number of carbonyl (C=O) groups is 1. The quantitative estimate of drug-likeness (QED) is 0.756. The van der Waals surface area contributed by atoms with Gasteiger partial charge in [0.15, 0.2) is 0 Å². The average molecular weight is 306 g/mol. The number of hydrogen-bond acceptors (Lipinski definition) is 4. The first-order valence-electron chi connectivity index (χ1n) is 5.94. The van der Waals surface area contributed by atoms with Crippen molar-refractivity contribution in [3.63, 3.8) is 0 Å². The molecule has 0 saturated carbocycles. The molecule has 21 heavy (non-hydrogen) atoms. The number of thiazole rings is 1. The molecule has 2 heterocycles. The Hall–Kier alpha value is -1.53. The molecule has 3 aromatic rings. The minimum absolute atomic E-state index is 0. The van der Waals surface area contributed by atoms with Gasteiger partial charge in [0.25, 0.3) is 0 Å². The molecule has 0 aliphatic heterocycles. The molecule has 0 amide bonds. The number of rotatable bonds is 3. The molecule has 0 bridgehead atoms. The van der Waals surface area contributed by atoms with Crippen LogP contribution < -0.4 is 0 Å². The van der Waals surface area contributed by atoms with E-state index in [4.69, 9.17) is 5.11 Å². The molecule has 0 fully saturated rings. The van der Waals surface area contributed by atoms with Crippen LogP contribution in [0.4, 0.5) is 0 Å². The van der Waals surface area contributed by atoms with Crippen molar-refractivity contribution in [2.45, 2.75) is 0 Å². The summed E-state index contributed by atoms with van der Waals surface area (Å²) >= 11 is 1.53. The van der Waals surface area contributed by atoms with Gasteiger partial charge in [-0.2, -0.15) is 0 Å². The van der Waals surface area contributed by atoms with Crippen LogP contribution in [0.2, 0.25) is 0 Å². The minimum atomic E-state index is -0.924. The molecule has 0 unspecified atom stereocenters. The van der Waals surface area contributed by atoms with Crippen molar-refractivity contribution in [3.8, 4) is 21.8 Å². The Balaban J connectivity index is 0.00000161. The molecule has 100 valence electrons. The second-order valence-electron chi connectivity index (χ2n) is 4.16. The molecule has 0 atom stereocenters. The van der Waals surface area contributed by atoms with E-state index in [1.54, 1.807) is 36.7 Å². The van der Waals surface area contributed by atoms with Crippen molar-refractivity contribution in [1.29, 1.82) is 0 Å². The van der Waals surface area contributed by atoms with Crippen molar-refractivity contribution in [1.82, 2.24) is 9.97 Å². The van der Waals surface area contributed by atoms with Gasteiger partial charge in [-0.25, -0.2) is 9.78 Å². The average Bonchev–Trinajstić information content (AvgIpc) is 2.98. The molecular weight excluding hydrogens is 295 g/mol. The van der Waals surface area contributed by atoms with E-state index < -0.39 is 5.97 Å². The Labute approximate surface area is 147 Å². The predicted octanol–water partition coefficient (Wildman–Crippen LogP) is 2.92. The van der Waals surface area contributed by atoms with Crippen LogP contribution in [0.25, 0.3) is 21.8 Å². The molecule has 0 aliphatic rings. The fourth-order valence-corrected chi connectivity index (χ4v) is 2.64. The third-order valence-corrected chi connectivity index (χ3v) is 3.73. The van der Waals surface area contributed by atoms with E-state index in [9.17, 15) is 4.79 Å². The first-order chi connectivity index (χ1) is 9.74. The summed E-state index contributed by atoms with van der Waals surface area (Å²) in [5.41, 5.74) is 3.03. The first-order valence-corrected chi connectivity index (χ1v) is 6.81. The molecule has 0 radical (unpaired) electrons. The Kier molecular flexibility index (Phi) is 5.25. The number of aromatic nitrogens is 2.